The zero-order chi connectivity index (χ0) is 22.5. The Morgan fingerprint density at radius 1 is 1.09 bits per heavy atom. The molecule has 4 rings (SSSR count). The maximum absolute atomic E-state index is 12.8. The highest BCUT2D eigenvalue weighted by atomic mass is 32.2. The molecule has 0 aromatic heterocycles. The Bertz CT molecular complexity index is 1050. The first-order chi connectivity index (χ1) is 15.5. The van der Waals surface area contributed by atoms with Gasteiger partial charge in [0.15, 0.2) is 0 Å². The number of benzene rings is 2. The molecule has 2 aromatic rings. The van der Waals surface area contributed by atoms with Crippen molar-refractivity contribution >= 4 is 46.3 Å². The largest absolute Gasteiger partial charge is 0.496 e. The molecule has 0 atom stereocenters. The van der Waals surface area contributed by atoms with Crippen molar-refractivity contribution < 1.29 is 19.1 Å². The average Bonchev–Trinajstić information content (AvgIpc) is 3.07. The standard InChI is InChI=1S/C24H25N3O4S/c1-31-20-15-19(26-12-6-3-7-13-26)11-10-17(20)14-21-23(29)27(24(30)32-21)16-22(28)25-18-8-4-2-5-9-18/h2,4-5,8-11,14-15H,3,6-7,12-13,16H2,1H3,(H,25,28)/b21-14-. The second-order valence-corrected chi connectivity index (χ2v) is 8.65. The molecule has 0 aliphatic carbocycles. The van der Waals surface area contributed by atoms with Crippen molar-refractivity contribution in [2.45, 2.75) is 19.3 Å². The van der Waals surface area contributed by atoms with Crippen LogP contribution in [0.1, 0.15) is 24.8 Å². The number of methoxy groups -OCH3 is 1. The van der Waals surface area contributed by atoms with Gasteiger partial charge < -0.3 is 15.0 Å². The summed E-state index contributed by atoms with van der Waals surface area (Å²) in [5.74, 6) is -0.268. The van der Waals surface area contributed by atoms with Gasteiger partial charge in [-0.1, -0.05) is 18.2 Å². The van der Waals surface area contributed by atoms with Gasteiger partial charge in [0.05, 0.1) is 12.0 Å². The number of amides is 3. The van der Waals surface area contributed by atoms with Crippen LogP contribution in [0.15, 0.2) is 53.4 Å². The molecule has 0 unspecified atom stereocenters. The van der Waals surface area contributed by atoms with E-state index < -0.39 is 17.1 Å². The van der Waals surface area contributed by atoms with Crippen LogP contribution in [0.4, 0.5) is 16.2 Å². The summed E-state index contributed by atoms with van der Waals surface area (Å²) in [5.41, 5.74) is 2.41. The van der Waals surface area contributed by atoms with Crippen LogP contribution in [0.5, 0.6) is 5.75 Å². The highest BCUT2D eigenvalue weighted by Gasteiger charge is 2.36. The van der Waals surface area contributed by atoms with E-state index >= 15 is 0 Å². The molecule has 8 heteroatoms. The molecule has 2 aromatic carbocycles. The van der Waals surface area contributed by atoms with Crippen LogP contribution in [-0.4, -0.2) is 48.7 Å². The Morgan fingerprint density at radius 3 is 2.56 bits per heavy atom. The summed E-state index contributed by atoms with van der Waals surface area (Å²) in [6.07, 6.45) is 5.26. The van der Waals surface area contributed by atoms with Crippen molar-refractivity contribution in [2.75, 3.05) is 37.0 Å². The fourth-order valence-electron chi connectivity index (χ4n) is 3.81. The van der Waals surface area contributed by atoms with Crippen molar-refractivity contribution in [2.24, 2.45) is 0 Å². The van der Waals surface area contributed by atoms with Crippen LogP contribution in [-0.2, 0) is 9.59 Å². The number of thioether (sulfide) groups is 1. The molecule has 166 valence electrons. The molecule has 32 heavy (non-hydrogen) atoms. The minimum atomic E-state index is -0.481. The number of carbonyl (C=O) groups excluding carboxylic acids is 3. The van der Waals surface area contributed by atoms with Gasteiger partial charge in [0.2, 0.25) is 5.91 Å². The third kappa shape index (κ3) is 4.96. The van der Waals surface area contributed by atoms with E-state index in [1.165, 1.54) is 19.3 Å². The summed E-state index contributed by atoms with van der Waals surface area (Å²) < 4.78 is 5.55. The lowest BCUT2D eigenvalue weighted by atomic mass is 10.1. The van der Waals surface area contributed by atoms with E-state index in [0.717, 1.165) is 35.4 Å². The first-order valence-corrected chi connectivity index (χ1v) is 11.4. The van der Waals surface area contributed by atoms with Crippen LogP contribution in [0, 0.1) is 0 Å². The maximum Gasteiger partial charge on any atom is 0.294 e. The van der Waals surface area contributed by atoms with E-state index in [0.29, 0.717) is 17.0 Å². The minimum Gasteiger partial charge on any atom is -0.496 e. The predicted molar refractivity (Wildman–Crippen MR) is 127 cm³/mol. The molecule has 1 N–H and O–H groups in total. The molecule has 0 radical (unpaired) electrons. The number of rotatable bonds is 6. The van der Waals surface area contributed by atoms with Crippen molar-refractivity contribution in [3.8, 4) is 5.75 Å². The number of carbonyl (C=O) groups is 3. The normalized spacial score (nSPS) is 17.7. The van der Waals surface area contributed by atoms with Gasteiger partial charge in [-0.25, -0.2) is 0 Å². The Hall–Kier alpha value is -3.26. The van der Waals surface area contributed by atoms with Gasteiger partial charge >= 0.3 is 0 Å². The molecule has 3 amide bonds. The van der Waals surface area contributed by atoms with Crippen molar-refractivity contribution in [3.05, 3.63) is 59.0 Å². The average molecular weight is 452 g/mol. The fourth-order valence-corrected chi connectivity index (χ4v) is 4.64. The van der Waals surface area contributed by atoms with Crippen LogP contribution in [0.25, 0.3) is 6.08 Å². The zero-order valence-corrected chi connectivity index (χ0v) is 18.7. The van der Waals surface area contributed by atoms with Crippen LogP contribution < -0.4 is 15.0 Å². The van der Waals surface area contributed by atoms with Gasteiger partial charge in [0.1, 0.15) is 12.3 Å². The van der Waals surface area contributed by atoms with Gasteiger partial charge in [-0.05, 0) is 61.4 Å². The monoisotopic (exact) mass is 451 g/mol. The SMILES string of the molecule is COc1cc(N2CCCCC2)ccc1/C=C1\SC(=O)N(CC(=O)Nc2ccccc2)C1=O. The Morgan fingerprint density at radius 2 is 1.84 bits per heavy atom. The summed E-state index contributed by atoms with van der Waals surface area (Å²) in [6.45, 7) is 1.71. The van der Waals surface area contributed by atoms with Gasteiger partial charge in [0.25, 0.3) is 11.1 Å². The zero-order valence-electron chi connectivity index (χ0n) is 17.9. The molecule has 0 spiro atoms. The number of nitrogens with one attached hydrogen (secondary N) is 1. The van der Waals surface area contributed by atoms with E-state index in [2.05, 4.69) is 10.2 Å². The lowest BCUT2D eigenvalue weighted by Gasteiger charge is -2.29. The predicted octanol–water partition coefficient (Wildman–Crippen LogP) is 4.36. The molecule has 0 saturated carbocycles. The third-order valence-electron chi connectivity index (χ3n) is 5.46. The quantitative estimate of drug-likeness (QED) is 0.658. The second-order valence-electron chi connectivity index (χ2n) is 7.66. The smallest absolute Gasteiger partial charge is 0.294 e. The number of anilines is 2. The Kier molecular flexibility index (Phi) is 6.80. The van der Waals surface area contributed by atoms with E-state index in [1.807, 2.05) is 24.3 Å². The molecular formula is C24H25N3O4S. The Labute approximate surface area is 191 Å². The first kappa shape index (κ1) is 22.0. The highest BCUT2D eigenvalue weighted by Crippen LogP contribution is 2.35. The molecule has 2 aliphatic rings. The van der Waals surface area contributed by atoms with Gasteiger partial charge in [-0.15, -0.1) is 0 Å². The van der Waals surface area contributed by atoms with E-state index in [9.17, 15) is 14.4 Å². The molecule has 7 nitrogen and oxygen atoms in total. The number of piperidine rings is 1. The summed E-state index contributed by atoms with van der Waals surface area (Å²) in [7, 11) is 1.59. The number of nitrogens with zero attached hydrogens (tertiary/aromatic N) is 2. The Balaban J connectivity index is 1.47. The fraction of sp³-hybridized carbons (Fsp3) is 0.292. The van der Waals surface area contributed by atoms with Crippen LogP contribution in [0.2, 0.25) is 0 Å². The van der Waals surface area contributed by atoms with Crippen LogP contribution >= 0.6 is 11.8 Å². The lowest BCUT2D eigenvalue weighted by molar-refractivity contribution is -0.127. The summed E-state index contributed by atoms with van der Waals surface area (Å²) in [4.78, 5) is 41.1. The molecule has 2 saturated heterocycles. The van der Waals surface area contributed by atoms with Crippen molar-refractivity contribution in [1.29, 1.82) is 0 Å². The summed E-state index contributed by atoms with van der Waals surface area (Å²) in [5, 5.41) is 2.23. The molecule has 2 aliphatic heterocycles. The van der Waals surface area contributed by atoms with E-state index in [1.54, 1.807) is 37.5 Å². The number of hydrogen-bond donors (Lipinski definition) is 1. The second kappa shape index (κ2) is 9.91. The minimum absolute atomic E-state index is 0.270. The number of para-hydroxylation sites is 1. The van der Waals surface area contributed by atoms with Crippen molar-refractivity contribution in [1.82, 2.24) is 4.90 Å². The topological polar surface area (TPSA) is 79.0 Å². The summed E-state index contributed by atoms with van der Waals surface area (Å²) >= 11 is 0.829. The number of ether oxygens (including phenoxy) is 1. The van der Waals surface area contributed by atoms with Gasteiger partial charge in [0, 0.05) is 36.1 Å². The number of hydrogen-bond acceptors (Lipinski definition) is 6. The molecule has 2 fully saturated rings. The highest BCUT2D eigenvalue weighted by molar-refractivity contribution is 8.18. The maximum atomic E-state index is 12.8. The first-order valence-electron chi connectivity index (χ1n) is 10.6. The van der Waals surface area contributed by atoms with Gasteiger partial charge in [-0.3, -0.25) is 19.3 Å². The summed E-state index contributed by atoms with van der Waals surface area (Å²) in [6, 6.07) is 14.8. The third-order valence-corrected chi connectivity index (χ3v) is 6.37. The molecule has 0 bridgehead atoms. The van der Waals surface area contributed by atoms with E-state index in [-0.39, 0.29) is 11.4 Å². The van der Waals surface area contributed by atoms with Gasteiger partial charge in [-0.2, -0.15) is 0 Å². The lowest BCUT2D eigenvalue weighted by Crippen LogP contribution is -2.36. The molecular weight excluding hydrogens is 426 g/mol. The van der Waals surface area contributed by atoms with Crippen molar-refractivity contribution in [3.63, 3.8) is 0 Å². The van der Waals surface area contributed by atoms with E-state index in [4.69, 9.17) is 4.74 Å². The van der Waals surface area contributed by atoms with Crippen LogP contribution in [0.3, 0.4) is 0 Å². The molecule has 2 heterocycles. The number of imide groups is 1.